The van der Waals surface area contributed by atoms with Crippen LogP contribution >= 0.6 is 23.1 Å². The van der Waals surface area contributed by atoms with Crippen molar-refractivity contribution in [2.24, 2.45) is 0 Å². The number of hydrogen-bond donors (Lipinski definition) is 1. The van der Waals surface area contributed by atoms with Crippen LogP contribution in [0.2, 0.25) is 0 Å². The van der Waals surface area contributed by atoms with E-state index >= 15 is 0 Å². The summed E-state index contributed by atoms with van der Waals surface area (Å²) < 4.78 is 0. The number of thioether (sulfide) groups is 1. The van der Waals surface area contributed by atoms with Crippen molar-refractivity contribution in [3.63, 3.8) is 0 Å². The second kappa shape index (κ2) is 6.76. The molecule has 1 aromatic rings. The SMILES string of the molecule is CC(C)SCc1ncc(CNC2CCCC2)s1. The van der Waals surface area contributed by atoms with Crippen molar-refractivity contribution >= 4 is 23.1 Å². The maximum atomic E-state index is 4.49. The largest absolute Gasteiger partial charge is 0.309 e. The predicted octanol–water partition coefficient (Wildman–Crippen LogP) is 3.82. The zero-order valence-electron chi connectivity index (χ0n) is 10.7. The Balaban J connectivity index is 1.73. The van der Waals surface area contributed by atoms with Crippen LogP contribution in [0, 0.1) is 0 Å². The molecule has 0 atom stereocenters. The molecular formula is C13H22N2S2. The number of aromatic nitrogens is 1. The van der Waals surface area contributed by atoms with Crippen LogP contribution in [0.25, 0.3) is 0 Å². The van der Waals surface area contributed by atoms with Gasteiger partial charge in [-0.05, 0) is 18.1 Å². The highest BCUT2D eigenvalue weighted by molar-refractivity contribution is 7.99. The van der Waals surface area contributed by atoms with Crippen LogP contribution in [0.3, 0.4) is 0 Å². The molecule has 2 nitrogen and oxygen atoms in total. The summed E-state index contributed by atoms with van der Waals surface area (Å²) in [5, 5.41) is 5.60. The third kappa shape index (κ3) is 4.60. The first-order valence-electron chi connectivity index (χ1n) is 6.52. The minimum absolute atomic E-state index is 0.693. The molecule has 4 heteroatoms. The summed E-state index contributed by atoms with van der Waals surface area (Å²) in [7, 11) is 0. The molecule has 0 aliphatic heterocycles. The van der Waals surface area contributed by atoms with Gasteiger partial charge < -0.3 is 5.32 Å². The van der Waals surface area contributed by atoms with Gasteiger partial charge in [0.15, 0.2) is 0 Å². The van der Waals surface area contributed by atoms with Crippen LogP contribution < -0.4 is 5.32 Å². The van der Waals surface area contributed by atoms with E-state index in [1.54, 1.807) is 0 Å². The molecule has 0 bridgehead atoms. The second-order valence-corrected chi connectivity index (χ2v) is 7.71. The molecule has 1 aliphatic rings. The minimum Gasteiger partial charge on any atom is -0.309 e. The van der Waals surface area contributed by atoms with Crippen molar-refractivity contribution < 1.29 is 0 Å². The van der Waals surface area contributed by atoms with E-state index in [1.165, 1.54) is 35.6 Å². The maximum absolute atomic E-state index is 4.49. The summed E-state index contributed by atoms with van der Waals surface area (Å²) in [6.07, 6.45) is 7.56. The smallest absolute Gasteiger partial charge is 0.103 e. The molecule has 0 spiro atoms. The fourth-order valence-corrected chi connectivity index (χ4v) is 3.77. The first-order valence-corrected chi connectivity index (χ1v) is 8.39. The van der Waals surface area contributed by atoms with Gasteiger partial charge in [0.1, 0.15) is 5.01 Å². The van der Waals surface area contributed by atoms with E-state index in [2.05, 4.69) is 24.1 Å². The lowest BCUT2D eigenvalue weighted by molar-refractivity contribution is 0.527. The van der Waals surface area contributed by atoms with Crippen molar-refractivity contribution in [2.45, 2.75) is 63.1 Å². The Hall–Kier alpha value is -0.0600. The van der Waals surface area contributed by atoms with Crippen molar-refractivity contribution in [3.8, 4) is 0 Å². The van der Waals surface area contributed by atoms with Gasteiger partial charge in [-0.25, -0.2) is 4.98 Å². The fourth-order valence-electron chi connectivity index (χ4n) is 2.11. The van der Waals surface area contributed by atoms with Crippen LogP contribution in [0.4, 0.5) is 0 Å². The summed E-state index contributed by atoms with van der Waals surface area (Å²) >= 11 is 3.83. The number of nitrogens with one attached hydrogen (secondary N) is 1. The van der Waals surface area contributed by atoms with Gasteiger partial charge in [0.05, 0.1) is 0 Å². The van der Waals surface area contributed by atoms with Crippen LogP contribution in [0.15, 0.2) is 6.20 Å². The van der Waals surface area contributed by atoms with E-state index in [4.69, 9.17) is 0 Å². The van der Waals surface area contributed by atoms with Crippen LogP contribution in [-0.2, 0) is 12.3 Å². The highest BCUT2D eigenvalue weighted by Gasteiger charge is 2.14. The third-order valence-corrected chi connectivity index (χ3v) is 5.35. The van der Waals surface area contributed by atoms with Gasteiger partial charge in [-0.1, -0.05) is 26.7 Å². The fraction of sp³-hybridized carbons (Fsp3) is 0.769. The van der Waals surface area contributed by atoms with Crippen molar-refractivity contribution in [1.29, 1.82) is 0 Å². The number of thiazole rings is 1. The highest BCUT2D eigenvalue weighted by atomic mass is 32.2. The first kappa shape index (κ1) is 13.4. The molecule has 1 aliphatic carbocycles. The summed E-state index contributed by atoms with van der Waals surface area (Å²) in [6.45, 7) is 5.48. The van der Waals surface area contributed by atoms with Gasteiger partial charge in [-0.15, -0.1) is 11.3 Å². The monoisotopic (exact) mass is 270 g/mol. The molecule has 0 unspecified atom stereocenters. The maximum Gasteiger partial charge on any atom is 0.103 e. The van der Waals surface area contributed by atoms with E-state index < -0.39 is 0 Å². The average molecular weight is 270 g/mol. The zero-order chi connectivity index (χ0) is 12.1. The standard InChI is InChI=1S/C13H22N2S2/c1-10(2)16-9-13-15-8-12(17-13)7-14-11-5-3-4-6-11/h8,10-11,14H,3-7,9H2,1-2H3. The Bertz CT molecular complexity index is 330. The van der Waals surface area contributed by atoms with E-state index in [1.807, 2.05) is 29.3 Å². The Morgan fingerprint density at radius 1 is 1.47 bits per heavy atom. The predicted molar refractivity (Wildman–Crippen MR) is 77.6 cm³/mol. The molecule has 1 aromatic heterocycles. The Kier molecular flexibility index (Phi) is 5.32. The van der Waals surface area contributed by atoms with Crippen molar-refractivity contribution in [2.75, 3.05) is 0 Å². The molecule has 0 aromatic carbocycles. The zero-order valence-corrected chi connectivity index (χ0v) is 12.4. The van der Waals surface area contributed by atoms with Gasteiger partial charge in [0.25, 0.3) is 0 Å². The van der Waals surface area contributed by atoms with Gasteiger partial charge >= 0.3 is 0 Å². The molecule has 0 radical (unpaired) electrons. The molecule has 17 heavy (non-hydrogen) atoms. The molecule has 1 N–H and O–H groups in total. The quantitative estimate of drug-likeness (QED) is 0.850. The second-order valence-electron chi connectivity index (χ2n) is 4.94. The summed E-state index contributed by atoms with van der Waals surface area (Å²) in [6, 6.07) is 0.755. The van der Waals surface area contributed by atoms with Crippen molar-refractivity contribution in [1.82, 2.24) is 10.3 Å². The molecular weight excluding hydrogens is 248 g/mol. The molecule has 1 fully saturated rings. The van der Waals surface area contributed by atoms with E-state index in [9.17, 15) is 0 Å². The normalized spacial score (nSPS) is 17.1. The minimum atomic E-state index is 0.693. The van der Waals surface area contributed by atoms with Crippen LogP contribution in [0.1, 0.15) is 49.4 Å². The molecule has 1 saturated carbocycles. The number of nitrogens with zero attached hydrogens (tertiary/aromatic N) is 1. The summed E-state index contributed by atoms with van der Waals surface area (Å²) in [5.41, 5.74) is 0. The molecule has 96 valence electrons. The lowest BCUT2D eigenvalue weighted by Crippen LogP contribution is -2.24. The Morgan fingerprint density at radius 3 is 2.94 bits per heavy atom. The van der Waals surface area contributed by atoms with Gasteiger partial charge in [0, 0.05) is 29.4 Å². The lowest BCUT2D eigenvalue weighted by Gasteiger charge is -2.09. The van der Waals surface area contributed by atoms with Crippen molar-refractivity contribution in [3.05, 3.63) is 16.1 Å². The topological polar surface area (TPSA) is 24.9 Å². The molecule has 0 saturated heterocycles. The van der Waals surface area contributed by atoms with Gasteiger partial charge in [-0.3, -0.25) is 0 Å². The molecule has 2 rings (SSSR count). The average Bonchev–Trinajstić information content (AvgIpc) is 2.95. The lowest BCUT2D eigenvalue weighted by atomic mass is 10.2. The Labute approximate surface area is 113 Å². The first-order chi connectivity index (χ1) is 8.24. The number of rotatable bonds is 6. The van der Waals surface area contributed by atoms with Crippen LogP contribution in [0.5, 0.6) is 0 Å². The van der Waals surface area contributed by atoms with E-state index in [0.29, 0.717) is 5.25 Å². The highest BCUT2D eigenvalue weighted by Crippen LogP contribution is 2.22. The van der Waals surface area contributed by atoms with Gasteiger partial charge in [-0.2, -0.15) is 11.8 Å². The third-order valence-electron chi connectivity index (χ3n) is 3.06. The number of hydrogen-bond acceptors (Lipinski definition) is 4. The summed E-state index contributed by atoms with van der Waals surface area (Å²) in [4.78, 5) is 5.88. The van der Waals surface area contributed by atoms with E-state index in [-0.39, 0.29) is 0 Å². The van der Waals surface area contributed by atoms with E-state index in [0.717, 1.165) is 18.3 Å². The summed E-state index contributed by atoms with van der Waals surface area (Å²) in [5.74, 6) is 1.06. The van der Waals surface area contributed by atoms with Gasteiger partial charge in [0.2, 0.25) is 0 Å². The molecule has 0 amide bonds. The molecule has 1 heterocycles. The van der Waals surface area contributed by atoms with Crippen LogP contribution in [-0.4, -0.2) is 16.3 Å². The Morgan fingerprint density at radius 2 is 2.24 bits per heavy atom.